The highest BCUT2D eigenvalue weighted by Gasteiger charge is 2.53. The molecular weight excluding hydrogens is 460 g/mol. The van der Waals surface area contributed by atoms with Gasteiger partial charge >= 0.3 is 0 Å². The average molecular weight is 499 g/mol. The number of Topliss-reactive ketones (excluding diaryl/α,β-unsaturated/α-hetero) is 1. The third-order valence-electron chi connectivity index (χ3n) is 8.61. The Morgan fingerprint density at radius 3 is 2.44 bits per heavy atom. The van der Waals surface area contributed by atoms with Gasteiger partial charge in [-0.1, -0.05) is 26.7 Å². The summed E-state index contributed by atoms with van der Waals surface area (Å²) in [5.74, 6) is -1.01. The second-order valence-corrected chi connectivity index (χ2v) is 10.7. The second-order valence-electron chi connectivity index (χ2n) is 10.7. The molecule has 1 saturated carbocycles. The van der Waals surface area contributed by atoms with Crippen LogP contribution in [0.25, 0.3) is 0 Å². The fourth-order valence-electron chi connectivity index (χ4n) is 5.86. The normalized spacial score (nSPS) is 28.5. The molecule has 5 atom stereocenters. The zero-order chi connectivity index (χ0) is 25.4. The number of hydrogen-bond acceptors (Lipinski definition) is 7. The molecule has 9 heteroatoms. The first kappa shape index (κ1) is 25.2. The fraction of sp³-hybridized carbons (Fsp3) is 0.667. The first-order chi connectivity index (χ1) is 17.4. The standard InChI is InChI=1S/C27H38N4O5/c1-3-17(2)23(27(35)31-15-21(32)25-24(31)22(33)16-36-25)28-26(34)18-7-9-20(10-8-18)30-13-11-29(12-14-30)19-5-4-6-19/h7-10,17,19,21,23-25,32H,3-6,11-16H2,1-2H3,(H,28,34)/t17-,21+,23-,24+,25+/m0/s1. The number of hydrogen-bond donors (Lipinski definition) is 2. The second kappa shape index (κ2) is 10.5. The molecule has 5 rings (SSSR count). The smallest absolute Gasteiger partial charge is 0.251 e. The van der Waals surface area contributed by atoms with Crippen LogP contribution in [0, 0.1) is 5.92 Å². The predicted molar refractivity (Wildman–Crippen MR) is 135 cm³/mol. The highest BCUT2D eigenvalue weighted by Crippen LogP contribution is 2.30. The number of aliphatic hydroxyl groups is 1. The molecule has 196 valence electrons. The van der Waals surface area contributed by atoms with Gasteiger partial charge in [0.2, 0.25) is 5.91 Å². The maximum atomic E-state index is 13.5. The van der Waals surface area contributed by atoms with Gasteiger partial charge in [-0.15, -0.1) is 0 Å². The molecule has 4 fully saturated rings. The van der Waals surface area contributed by atoms with Crippen molar-refractivity contribution in [1.29, 1.82) is 0 Å². The van der Waals surface area contributed by atoms with Crippen molar-refractivity contribution in [1.82, 2.24) is 15.1 Å². The van der Waals surface area contributed by atoms with Gasteiger partial charge in [-0.3, -0.25) is 19.3 Å². The van der Waals surface area contributed by atoms with Crippen LogP contribution < -0.4 is 10.2 Å². The van der Waals surface area contributed by atoms with Gasteiger partial charge in [0.1, 0.15) is 30.9 Å². The van der Waals surface area contributed by atoms with Gasteiger partial charge in [-0.05, 0) is 43.0 Å². The lowest BCUT2D eigenvalue weighted by Gasteiger charge is -2.43. The number of β-amino-alcohol motifs (C(OH)–C–C–N with tert-alkyl or cyclic N) is 1. The Hall–Kier alpha value is -2.49. The van der Waals surface area contributed by atoms with Crippen molar-refractivity contribution < 1.29 is 24.2 Å². The number of amides is 2. The van der Waals surface area contributed by atoms with Crippen LogP contribution in [0.2, 0.25) is 0 Å². The molecule has 3 aliphatic heterocycles. The molecule has 36 heavy (non-hydrogen) atoms. The van der Waals surface area contributed by atoms with Crippen LogP contribution in [0.5, 0.6) is 0 Å². The lowest BCUT2D eigenvalue weighted by molar-refractivity contribution is -0.139. The number of nitrogens with zero attached hydrogens (tertiary/aromatic N) is 3. The van der Waals surface area contributed by atoms with E-state index in [0.29, 0.717) is 12.0 Å². The third-order valence-corrected chi connectivity index (χ3v) is 8.61. The molecule has 9 nitrogen and oxygen atoms in total. The molecular formula is C27H38N4O5. The van der Waals surface area contributed by atoms with E-state index in [4.69, 9.17) is 4.74 Å². The summed E-state index contributed by atoms with van der Waals surface area (Å²) in [7, 11) is 0. The maximum Gasteiger partial charge on any atom is 0.251 e. The average Bonchev–Trinajstić information content (AvgIpc) is 3.41. The molecule has 3 saturated heterocycles. The minimum Gasteiger partial charge on any atom is -0.388 e. The number of aliphatic hydroxyl groups excluding tert-OH is 1. The van der Waals surface area contributed by atoms with E-state index >= 15 is 0 Å². The van der Waals surface area contributed by atoms with E-state index in [1.807, 2.05) is 38.1 Å². The highest BCUT2D eigenvalue weighted by molar-refractivity contribution is 5.99. The molecule has 0 aromatic heterocycles. The van der Waals surface area contributed by atoms with Crippen LogP contribution in [-0.4, -0.2) is 102 Å². The number of ether oxygens (including phenoxy) is 1. The van der Waals surface area contributed by atoms with Crippen molar-refractivity contribution in [3.63, 3.8) is 0 Å². The molecule has 0 spiro atoms. The monoisotopic (exact) mass is 498 g/mol. The first-order valence-corrected chi connectivity index (χ1v) is 13.4. The SMILES string of the molecule is CC[C@H](C)[C@H](NC(=O)c1ccc(N2CCN(C3CCC3)CC2)cc1)C(=O)N1C[C@@H](O)[C@H]2OCC(=O)[C@H]21. The van der Waals surface area contributed by atoms with Crippen LogP contribution in [0.1, 0.15) is 49.9 Å². The Bertz CT molecular complexity index is 973. The predicted octanol–water partition coefficient (Wildman–Crippen LogP) is 1.05. The van der Waals surface area contributed by atoms with Crippen LogP contribution in [0.15, 0.2) is 24.3 Å². The number of anilines is 1. The van der Waals surface area contributed by atoms with Crippen LogP contribution in [0.4, 0.5) is 5.69 Å². The van der Waals surface area contributed by atoms with Gasteiger partial charge in [0.15, 0.2) is 5.78 Å². The molecule has 0 radical (unpaired) electrons. The third kappa shape index (κ3) is 4.76. The number of benzene rings is 1. The van der Waals surface area contributed by atoms with Gasteiger partial charge in [0, 0.05) is 43.5 Å². The molecule has 1 aliphatic carbocycles. The molecule has 2 amide bonds. The molecule has 0 unspecified atom stereocenters. The summed E-state index contributed by atoms with van der Waals surface area (Å²) in [6.45, 7) is 7.92. The summed E-state index contributed by atoms with van der Waals surface area (Å²) in [6.07, 6.45) is 3.10. The molecule has 1 aromatic rings. The van der Waals surface area contributed by atoms with Crippen molar-refractivity contribution in [3.05, 3.63) is 29.8 Å². The minimum atomic E-state index is -0.901. The molecule has 2 N–H and O–H groups in total. The zero-order valence-corrected chi connectivity index (χ0v) is 21.3. The summed E-state index contributed by atoms with van der Waals surface area (Å²) < 4.78 is 5.40. The lowest BCUT2D eigenvalue weighted by atomic mass is 9.91. The van der Waals surface area contributed by atoms with E-state index in [9.17, 15) is 19.5 Å². The Morgan fingerprint density at radius 1 is 1.14 bits per heavy atom. The van der Waals surface area contributed by atoms with E-state index in [0.717, 1.165) is 37.9 Å². The summed E-state index contributed by atoms with van der Waals surface area (Å²) in [6, 6.07) is 6.78. The van der Waals surface area contributed by atoms with Gasteiger partial charge < -0.3 is 25.0 Å². The van der Waals surface area contributed by atoms with Gasteiger partial charge in [0.05, 0.1) is 6.54 Å². The van der Waals surface area contributed by atoms with Gasteiger partial charge in [-0.25, -0.2) is 0 Å². The van der Waals surface area contributed by atoms with E-state index in [1.165, 1.54) is 24.2 Å². The molecule has 3 heterocycles. The summed E-state index contributed by atoms with van der Waals surface area (Å²) in [5.41, 5.74) is 1.60. The Morgan fingerprint density at radius 2 is 1.83 bits per heavy atom. The number of rotatable bonds is 7. The maximum absolute atomic E-state index is 13.5. The van der Waals surface area contributed by atoms with Crippen LogP contribution in [0.3, 0.4) is 0 Å². The number of ketones is 1. The van der Waals surface area contributed by atoms with E-state index in [2.05, 4.69) is 15.1 Å². The van der Waals surface area contributed by atoms with Crippen LogP contribution in [-0.2, 0) is 14.3 Å². The Labute approximate surface area is 212 Å². The quantitative estimate of drug-likeness (QED) is 0.579. The van der Waals surface area contributed by atoms with Crippen molar-refractivity contribution in [3.8, 4) is 0 Å². The molecule has 1 aromatic carbocycles. The lowest BCUT2D eigenvalue weighted by Crippen LogP contribution is -2.54. The topological polar surface area (TPSA) is 102 Å². The van der Waals surface area contributed by atoms with Crippen molar-refractivity contribution >= 4 is 23.3 Å². The number of nitrogens with one attached hydrogen (secondary N) is 1. The number of carbonyl (C=O) groups is 3. The number of fused-ring (bicyclic) bond motifs is 1. The van der Waals surface area contributed by atoms with Gasteiger partial charge in [0.25, 0.3) is 5.91 Å². The van der Waals surface area contributed by atoms with E-state index in [-0.39, 0.29) is 36.7 Å². The largest absolute Gasteiger partial charge is 0.388 e. The molecule has 4 aliphatic rings. The number of carbonyl (C=O) groups excluding carboxylic acids is 3. The Balaban J connectivity index is 1.22. The summed E-state index contributed by atoms with van der Waals surface area (Å²) in [5, 5.41) is 13.2. The number of likely N-dealkylation sites (tertiary alicyclic amines) is 1. The van der Waals surface area contributed by atoms with Crippen molar-refractivity contribution in [2.45, 2.75) is 69.9 Å². The first-order valence-electron chi connectivity index (χ1n) is 13.4. The fourth-order valence-corrected chi connectivity index (χ4v) is 5.86. The minimum absolute atomic E-state index is 0.0332. The van der Waals surface area contributed by atoms with Gasteiger partial charge in [-0.2, -0.15) is 0 Å². The summed E-state index contributed by atoms with van der Waals surface area (Å²) in [4.78, 5) is 45.3. The van der Waals surface area contributed by atoms with Crippen LogP contribution >= 0.6 is 0 Å². The number of piperazine rings is 1. The van der Waals surface area contributed by atoms with Crippen molar-refractivity contribution in [2.24, 2.45) is 5.92 Å². The van der Waals surface area contributed by atoms with Crippen molar-refractivity contribution in [2.75, 3.05) is 44.2 Å². The van der Waals surface area contributed by atoms with E-state index in [1.54, 1.807) is 0 Å². The highest BCUT2D eigenvalue weighted by atomic mass is 16.5. The Kier molecular flexibility index (Phi) is 7.32. The summed E-state index contributed by atoms with van der Waals surface area (Å²) >= 11 is 0. The molecule has 0 bridgehead atoms. The zero-order valence-electron chi connectivity index (χ0n) is 21.3. The van der Waals surface area contributed by atoms with E-state index < -0.39 is 24.3 Å².